The van der Waals surface area contributed by atoms with Crippen LogP contribution in [0.5, 0.6) is 0 Å². The second-order valence-electron chi connectivity index (χ2n) is 3.52. The number of alkyl halides is 1. The minimum atomic E-state index is 0.310. The zero-order chi connectivity index (χ0) is 8.74. The number of hydrogen-bond donors (Lipinski definition) is 1. The summed E-state index contributed by atoms with van der Waals surface area (Å²) in [5.41, 5.74) is 0.310. The molecule has 1 nitrogen and oxygen atoms in total. The van der Waals surface area contributed by atoms with Crippen molar-refractivity contribution in [1.82, 2.24) is 5.32 Å². The number of halogens is 1. The first-order valence-electron chi connectivity index (χ1n) is 4.00. The molecule has 0 aromatic carbocycles. The molecule has 0 radical (unpaired) electrons. The van der Waals surface area contributed by atoms with E-state index in [9.17, 15) is 0 Å². The Kier molecular flexibility index (Phi) is 5.61. The van der Waals surface area contributed by atoms with Gasteiger partial charge in [0.1, 0.15) is 0 Å². The Labute approximate surface area is 74.8 Å². The van der Waals surface area contributed by atoms with Crippen molar-refractivity contribution in [3.63, 3.8) is 0 Å². The van der Waals surface area contributed by atoms with E-state index in [0.29, 0.717) is 5.41 Å². The Morgan fingerprint density at radius 3 is 2.64 bits per heavy atom. The molecule has 0 heterocycles. The quantitative estimate of drug-likeness (QED) is 0.372. The number of hydrogen-bond acceptors (Lipinski definition) is 1. The average molecular weight is 176 g/mol. The van der Waals surface area contributed by atoms with Crippen LogP contribution >= 0.6 is 11.6 Å². The van der Waals surface area contributed by atoms with E-state index in [1.807, 2.05) is 6.08 Å². The third-order valence-corrected chi connectivity index (χ3v) is 1.85. The van der Waals surface area contributed by atoms with E-state index in [1.54, 1.807) is 0 Å². The SMILES string of the molecule is C=CCNCC(C)(C)CCCl. The molecule has 1 N–H and O–H groups in total. The summed E-state index contributed by atoms with van der Waals surface area (Å²) in [7, 11) is 0. The van der Waals surface area contributed by atoms with E-state index < -0.39 is 0 Å². The van der Waals surface area contributed by atoms with Gasteiger partial charge in [0.2, 0.25) is 0 Å². The van der Waals surface area contributed by atoms with Gasteiger partial charge >= 0.3 is 0 Å². The molecule has 0 aromatic rings. The summed E-state index contributed by atoms with van der Waals surface area (Å²) in [5.74, 6) is 0.739. The van der Waals surface area contributed by atoms with Gasteiger partial charge in [-0.1, -0.05) is 19.9 Å². The van der Waals surface area contributed by atoms with Crippen LogP contribution in [0.2, 0.25) is 0 Å². The lowest BCUT2D eigenvalue weighted by atomic mass is 9.90. The van der Waals surface area contributed by atoms with Gasteiger partial charge in [0.15, 0.2) is 0 Å². The van der Waals surface area contributed by atoms with Crippen LogP contribution in [-0.2, 0) is 0 Å². The van der Waals surface area contributed by atoms with Crippen molar-refractivity contribution in [2.45, 2.75) is 20.3 Å². The van der Waals surface area contributed by atoms with Gasteiger partial charge in [-0.05, 0) is 11.8 Å². The van der Waals surface area contributed by atoms with Crippen molar-refractivity contribution < 1.29 is 0 Å². The highest BCUT2D eigenvalue weighted by Crippen LogP contribution is 2.19. The van der Waals surface area contributed by atoms with Crippen molar-refractivity contribution in [1.29, 1.82) is 0 Å². The van der Waals surface area contributed by atoms with Crippen LogP contribution in [0.1, 0.15) is 20.3 Å². The van der Waals surface area contributed by atoms with Crippen molar-refractivity contribution in [2.75, 3.05) is 19.0 Å². The Bertz CT molecular complexity index is 110. The molecule has 0 saturated carbocycles. The molecule has 0 aliphatic rings. The minimum Gasteiger partial charge on any atom is -0.313 e. The molecule has 0 fully saturated rings. The van der Waals surface area contributed by atoms with Gasteiger partial charge < -0.3 is 5.32 Å². The van der Waals surface area contributed by atoms with Crippen molar-refractivity contribution in [3.05, 3.63) is 12.7 Å². The van der Waals surface area contributed by atoms with Crippen LogP contribution in [0.4, 0.5) is 0 Å². The summed E-state index contributed by atoms with van der Waals surface area (Å²) in [6.45, 7) is 9.95. The van der Waals surface area contributed by atoms with E-state index >= 15 is 0 Å². The van der Waals surface area contributed by atoms with E-state index in [2.05, 4.69) is 25.7 Å². The number of rotatable bonds is 6. The van der Waals surface area contributed by atoms with Crippen LogP contribution in [0.25, 0.3) is 0 Å². The highest BCUT2D eigenvalue weighted by atomic mass is 35.5. The molecule has 0 amide bonds. The molecule has 0 unspecified atom stereocenters. The summed E-state index contributed by atoms with van der Waals surface area (Å²) >= 11 is 5.65. The summed E-state index contributed by atoms with van der Waals surface area (Å²) < 4.78 is 0. The van der Waals surface area contributed by atoms with Crippen molar-refractivity contribution >= 4 is 11.6 Å². The monoisotopic (exact) mass is 175 g/mol. The molecule has 0 aliphatic carbocycles. The fourth-order valence-electron chi connectivity index (χ4n) is 0.857. The van der Waals surface area contributed by atoms with Crippen LogP contribution in [-0.4, -0.2) is 19.0 Å². The fourth-order valence-corrected chi connectivity index (χ4v) is 1.37. The van der Waals surface area contributed by atoms with Gasteiger partial charge in [-0.2, -0.15) is 0 Å². The highest BCUT2D eigenvalue weighted by molar-refractivity contribution is 6.17. The predicted molar refractivity (Wildman–Crippen MR) is 52.2 cm³/mol. The zero-order valence-electron chi connectivity index (χ0n) is 7.49. The maximum Gasteiger partial charge on any atom is 0.0229 e. The summed E-state index contributed by atoms with van der Waals surface area (Å²) in [6, 6.07) is 0. The Hall–Kier alpha value is -0.0100. The normalized spacial score (nSPS) is 11.5. The van der Waals surface area contributed by atoms with Crippen molar-refractivity contribution in [2.24, 2.45) is 5.41 Å². The van der Waals surface area contributed by atoms with Crippen LogP contribution in [0.3, 0.4) is 0 Å². The molecule has 0 rings (SSSR count). The molecule has 0 saturated heterocycles. The maximum absolute atomic E-state index is 5.65. The number of nitrogens with one attached hydrogen (secondary N) is 1. The van der Waals surface area contributed by atoms with Crippen LogP contribution in [0, 0.1) is 5.41 Å². The molecule has 0 aromatic heterocycles. The molecule has 11 heavy (non-hydrogen) atoms. The van der Waals surface area contributed by atoms with E-state index in [0.717, 1.165) is 25.4 Å². The second-order valence-corrected chi connectivity index (χ2v) is 3.90. The molecule has 66 valence electrons. The highest BCUT2D eigenvalue weighted by Gasteiger charge is 2.15. The zero-order valence-corrected chi connectivity index (χ0v) is 8.25. The topological polar surface area (TPSA) is 12.0 Å². The van der Waals surface area contributed by atoms with Crippen LogP contribution < -0.4 is 5.32 Å². The third-order valence-electron chi connectivity index (χ3n) is 1.66. The van der Waals surface area contributed by atoms with Gasteiger partial charge in [0.25, 0.3) is 0 Å². The summed E-state index contributed by atoms with van der Waals surface area (Å²) in [5, 5.41) is 3.28. The van der Waals surface area contributed by atoms with E-state index in [4.69, 9.17) is 11.6 Å². The fraction of sp³-hybridized carbons (Fsp3) is 0.778. The van der Waals surface area contributed by atoms with Gasteiger partial charge in [-0.15, -0.1) is 18.2 Å². The lowest BCUT2D eigenvalue weighted by molar-refractivity contribution is 0.336. The molecular weight excluding hydrogens is 158 g/mol. The van der Waals surface area contributed by atoms with Gasteiger partial charge in [0, 0.05) is 19.0 Å². The molecule has 2 heteroatoms. The smallest absolute Gasteiger partial charge is 0.0229 e. The molecule has 0 atom stereocenters. The standard InChI is InChI=1S/C9H18ClN/c1-4-7-11-8-9(2,3)5-6-10/h4,11H,1,5-8H2,2-3H3. The van der Waals surface area contributed by atoms with Gasteiger partial charge in [0.05, 0.1) is 0 Å². The first-order chi connectivity index (χ1) is 5.12. The van der Waals surface area contributed by atoms with Gasteiger partial charge in [-0.25, -0.2) is 0 Å². The van der Waals surface area contributed by atoms with E-state index in [1.165, 1.54) is 0 Å². The summed E-state index contributed by atoms with van der Waals surface area (Å²) in [4.78, 5) is 0. The molecular formula is C9H18ClN. The third kappa shape index (κ3) is 6.39. The van der Waals surface area contributed by atoms with Crippen molar-refractivity contribution in [3.8, 4) is 0 Å². The molecule has 0 spiro atoms. The van der Waals surface area contributed by atoms with E-state index in [-0.39, 0.29) is 0 Å². The summed E-state index contributed by atoms with van der Waals surface area (Å²) in [6.07, 6.45) is 2.93. The Morgan fingerprint density at radius 2 is 2.18 bits per heavy atom. The first kappa shape index (κ1) is 11.0. The lowest BCUT2D eigenvalue weighted by Gasteiger charge is -2.23. The first-order valence-corrected chi connectivity index (χ1v) is 4.53. The molecule has 0 aliphatic heterocycles. The second kappa shape index (κ2) is 5.62. The minimum absolute atomic E-state index is 0.310. The Morgan fingerprint density at radius 1 is 1.55 bits per heavy atom. The lowest BCUT2D eigenvalue weighted by Crippen LogP contribution is -2.29. The largest absolute Gasteiger partial charge is 0.313 e. The molecule has 0 bridgehead atoms. The average Bonchev–Trinajstić information content (AvgIpc) is 1.87. The predicted octanol–water partition coefficient (Wildman–Crippen LogP) is 2.42. The van der Waals surface area contributed by atoms with Gasteiger partial charge in [-0.3, -0.25) is 0 Å². The maximum atomic E-state index is 5.65. The Balaban J connectivity index is 3.45. The van der Waals surface area contributed by atoms with Crippen LogP contribution in [0.15, 0.2) is 12.7 Å².